The molecule has 1 N–H and O–H groups in total. The van der Waals surface area contributed by atoms with Gasteiger partial charge in [0.1, 0.15) is 5.52 Å². The molecule has 1 unspecified atom stereocenters. The highest BCUT2D eigenvalue weighted by Crippen LogP contribution is 2.37. The van der Waals surface area contributed by atoms with Crippen LogP contribution in [0.4, 0.5) is 0 Å². The van der Waals surface area contributed by atoms with Crippen LogP contribution < -0.4 is 4.74 Å². The molecule has 1 aromatic carbocycles. The molecule has 2 aromatic rings. The second kappa shape index (κ2) is 6.54. The van der Waals surface area contributed by atoms with Crippen molar-refractivity contribution in [1.29, 1.82) is 0 Å². The zero-order valence-corrected chi connectivity index (χ0v) is 13.9. The number of ether oxygens (including phenoxy) is 1. The summed E-state index contributed by atoms with van der Waals surface area (Å²) in [6.45, 7) is 1.85. The molecule has 106 valence electrons. The number of carbonyl (C=O) groups is 1. The van der Waals surface area contributed by atoms with E-state index in [0.29, 0.717) is 12.2 Å². The molecule has 0 fully saturated rings. The average Bonchev–Trinajstić information content (AvgIpc) is 2.41. The third-order valence-electron chi connectivity index (χ3n) is 2.83. The summed E-state index contributed by atoms with van der Waals surface area (Å²) in [5.41, 5.74) is 0.746. The lowest BCUT2D eigenvalue weighted by Crippen LogP contribution is -2.14. The summed E-state index contributed by atoms with van der Waals surface area (Å²) in [6, 6.07) is 5.72. The van der Waals surface area contributed by atoms with Crippen LogP contribution in [0.5, 0.6) is 5.75 Å². The molecule has 2 rings (SSSR count). The Morgan fingerprint density at radius 3 is 2.90 bits per heavy atom. The topological polar surface area (TPSA) is 59.4 Å². The Hall–Kier alpha value is -1.14. The maximum absolute atomic E-state index is 10.6. The number of rotatable bonds is 5. The molecule has 6 heteroatoms. The van der Waals surface area contributed by atoms with Gasteiger partial charge < -0.3 is 9.84 Å². The van der Waals surface area contributed by atoms with Gasteiger partial charge in [-0.05, 0) is 41.4 Å². The highest BCUT2D eigenvalue weighted by atomic mass is 79.9. The van der Waals surface area contributed by atoms with E-state index in [1.807, 2.05) is 25.1 Å². The predicted octanol–water partition coefficient (Wildman–Crippen LogP) is 4.39. The molecule has 0 aliphatic carbocycles. The van der Waals surface area contributed by atoms with E-state index in [4.69, 9.17) is 9.84 Å². The Balaban J connectivity index is 2.32. The van der Waals surface area contributed by atoms with Gasteiger partial charge in [0.2, 0.25) is 0 Å². The van der Waals surface area contributed by atoms with Crippen molar-refractivity contribution in [2.75, 3.05) is 0 Å². The number of fused-ring (bicyclic) bond motifs is 1. The molecule has 0 amide bonds. The molecule has 0 saturated carbocycles. The average molecular weight is 403 g/mol. The molecular weight excluding hydrogens is 390 g/mol. The van der Waals surface area contributed by atoms with Crippen molar-refractivity contribution >= 4 is 48.7 Å². The van der Waals surface area contributed by atoms with Crippen LogP contribution in [0.1, 0.15) is 19.8 Å². The molecule has 0 bridgehead atoms. The van der Waals surface area contributed by atoms with Crippen LogP contribution in [0.15, 0.2) is 33.3 Å². The number of halogens is 2. The Morgan fingerprint density at radius 2 is 2.20 bits per heavy atom. The highest BCUT2D eigenvalue weighted by molar-refractivity contribution is 9.11. The first-order valence-corrected chi connectivity index (χ1v) is 7.69. The maximum Gasteiger partial charge on any atom is 0.303 e. The zero-order valence-electron chi connectivity index (χ0n) is 10.8. The van der Waals surface area contributed by atoms with Crippen LogP contribution in [-0.2, 0) is 4.79 Å². The van der Waals surface area contributed by atoms with E-state index < -0.39 is 5.97 Å². The van der Waals surface area contributed by atoms with Crippen LogP contribution in [0.25, 0.3) is 10.9 Å². The number of carboxylic acid groups (broad SMARTS) is 1. The van der Waals surface area contributed by atoms with Crippen LogP contribution in [-0.4, -0.2) is 22.2 Å². The molecule has 0 saturated heterocycles. The normalized spacial score (nSPS) is 12.3. The summed E-state index contributed by atoms with van der Waals surface area (Å²) in [7, 11) is 0. The van der Waals surface area contributed by atoms with Crippen LogP contribution >= 0.6 is 31.9 Å². The van der Waals surface area contributed by atoms with Gasteiger partial charge >= 0.3 is 5.97 Å². The lowest BCUT2D eigenvalue weighted by Gasteiger charge is -2.17. The van der Waals surface area contributed by atoms with Gasteiger partial charge in [-0.2, -0.15) is 0 Å². The lowest BCUT2D eigenvalue weighted by molar-refractivity contribution is -0.137. The minimum absolute atomic E-state index is 0.0840. The van der Waals surface area contributed by atoms with Crippen molar-refractivity contribution in [3.05, 3.63) is 33.3 Å². The molecule has 1 heterocycles. The van der Waals surface area contributed by atoms with E-state index in [2.05, 4.69) is 36.8 Å². The van der Waals surface area contributed by atoms with E-state index in [9.17, 15) is 4.79 Å². The minimum atomic E-state index is -0.821. The Labute approximate surface area is 133 Å². The van der Waals surface area contributed by atoms with Gasteiger partial charge in [-0.1, -0.05) is 22.0 Å². The van der Waals surface area contributed by atoms with Crippen molar-refractivity contribution in [2.24, 2.45) is 0 Å². The minimum Gasteiger partial charge on any atom is -0.487 e. The van der Waals surface area contributed by atoms with Crippen molar-refractivity contribution in [2.45, 2.75) is 25.9 Å². The molecule has 0 radical (unpaired) electrons. The van der Waals surface area contributed by atoms with Gasteiger partial charge in [0.25, 0.3) is 0 Å². The fourth-order valence-electron chi connectivity index (χ4n) is 1.85. The SMILES string of the molecule is CC(CCC(=O)O)Oc1c(Br)cc(Br)c2cccnc12. The summed E-state index contributed by atoms with van der Waals surface area (Å²) < 4.78 is 7.59. The van der Waals surface area contributed by atoms with Crippen molar-refractivity contribution in [3.63, 3.8) is 0 Å². The zero-order chi connectivity index (χ0) is 14.7. The fraction of sp³-hybridized carbons (Fsp3) is 0.286. The monoisotopic (exact) mass is 401 g/mol. The fourth-order valence-corrected chi connectivity index (χ4v) is 3.21. The number of aliphatic carboxylic acids is 1. The Bertz CT molecular complexity index is 646. The third-order valence-corrected chi connectivity index (χ3v) is 4.08. The standard InChI is InChI=1S/C14H13Br2NO3/c1-8(4-5-12(18)19)20-14-11(16)7-10(15)9-3-2-6-17-13(9)14/h2-3,6-8H,4-5H2,1H3,(H,18,19). The first kappa shape index (κ1) is 15.3. The Kier molecular flexibility index (Phi) is 4.99. The van der Waals surface area contributed by atoms with Gasteiger partial charge in [0.15, 0.2) is 5.75 Å². The first-order chi connectivity index (χ1) is 9.49. The van der Waals surface area contributed by atoms with Crippen LogP contribution in [0.3, 0.4) is 0 Å². The summed E-state index contributed by atoms with van der Waals surface area (Å²) in [6.07, 6.45) is 2.04. The van der Waals surface area contributed by atoms with Gasteiger partial charge in [-0.25, -0.2) is 0 Å². The number of aromatic nitrogens is 1. The maximum atomic E-state index is 10.6. The van der Waals surface area contributed by atoms with Gasteiger partial charge in [-0.15, -0.1) is 0 Å². The van der Waals surface area contributed by atoms with E-state index in [0.717, 1.165) is 19.8 Å². The van der Waals surface area contributed by atoms with E-state index in [-0.39, 0.29) is 12.5 Å². The molecule has 20 heavy (non-hydrogen) atoms. The summed E-state index contributed by atoms with van der Waals surface area (Å²) in [5.74, 6) is -0.181. The number of pyridine rings is 1. The first-order valence-electron chi connectivity index (χ1n) is 6.10. The molecule has 0 aliphatic rings. The predicted molar refractivity (Wildman–Crippen MR) is 84.1 cm³/mol. The highest BCUT2D eigenvalue weighted by Gasteiger charge is 2.15. The van der Waals surface area contributed by atoms with Crippen molar-refractivity contribution in [1.82, 2.24) is 4.98 Å². The quantitative estimate of drug-likeness (QED) is 0.805. The molecular formula is C14H13Br2NO3. The summed E-state index contributed by atoms with van der Waals surface area (Å²) in [5, 5.41) is 9.66. The third kappa shape index (κ3) is 3.49. The van der Waals surface area contributed by atoms with Crippen molar-refractivity contribution in [3.8, 4) is 5.75 Å². The molecule has 1 aromatic heterocycles. The van der Waals surface area contributed by atoms with Crippen molar-refractivity contribution < 1.29 is 14.6 Å². The van der Waals surface area contributed by atoms with Gasteiger partial charge in [0.05, 0.1) is 10.6 Å². The van der Waals surface area contributed by atoms with Crippen LogP contribution in [0.2, 0.25) is 0 Å². The number of hydrogen-bond acceptors (Lipinski definition) is 3. The smallest absolute Gasteiger partial charge is 0.303 e. The number of benzene rings is 1. The van der Waals surface area contributed by atoms with E-state index >= 15 is 0 Å². The molecule has 4 nitrogen and oxygen atoms in total. The summed E-state index contributed by atoms with van der Waals surface area (Å²) >= 11 is 6.96. The van der Waals surface area contributed by atoms with Gasteiger partial charge in [0, 0.05) is 22.5 Å². The Morgan fingerprint density at radius 1 is 1.45 bits per heavy atom. The molecule has 1 atom stereocenters. The lowest BCUT2D eigenvalue weighted by atomic mass is 10.2. The van der Waals surface area contributed by atoms with Gasteiger partial charge in [-0.3, -0.25) is 9.78 Å². The molecule has 0 spiro atoms. The van der Waals surface area contributed by atoms with Crippen LogP contribution in [0, 0.1) is 0 Å². The number of carboxylic acids is 1. The van der Waals surface area contributed by atoms with E-state index in [1.54, 1.807) is 6.20 Å². The molecule has 0 aliphatic heterocycles. The second-order valence-corrected chi connectivity index (χ2v) is 6.14. The number of nitrogens with zero attached hydrogens (tertiary/aromatic N) is 1. The largest absolute Gasteiger partial charge is 0.487 e. The van der Waals surface area contributed by atoms with E-state index in [1.165, 1.54) is 0 Å². The summed E-state index contributed by atoms with van der Waals surface area (Å²) in [4.78, 5) is 14.9. The number of hydrogen-bond donors (Lipinski definition) is 1. The second-order valence-electron chi connectivity index (χ2n) is 4.43.